The summed E-state index contributed by atoms with van der Waals surface area (Å²) in [6.07, 6.45) is 0.345. The fourth-order valence-corrected chi connectivity index (χ4v) is 3.44. The van der Waals surface area contributed by atoms with Gasteiger partial charge < -0.3 is 10.6 Å². The molecule has 2 rings (SSSR count). The largest absolute Gasteiger partial charge is 0.338 e. The first-order valence-corrected chi connectivity index (χ1v) is 9.60. The Morgan fingerprint density at radius 3 is 2.46 bits per heavy atom. The predicted octanol–water partition coefficient (Wildman–Crippen LogP) is 2.64. The molecule has 0 fully saturated rings. The topological polar surface area (TPSA) is 108 Å². The monoisotopic (exact) mass is 402 g/mol. The van der Waals surface area contributed by atoms with E-state index in [1.165, 1.54) is 12.3 Å². The average molecular weight is 402 g/mol. The zero-order valence-corrected chi connectivity index (χ0v) is 16.7. The molecule has 0 saturated heterocycles. The Bertz CT molecular complexity index is 853. The van der Waals surface area contributed by atoms with Crippen molar-refractivity contribution in [2.75, 3.05) is 11.9 Å². The summed E-state index contributed by atoms with van der Waals surface area (Å²) >= 11 is 1.10. The van der Waals surface area contributed by atoms with Crippen LogP contribution in [-0.4, -0.2) is 46.6 Å². The Hall–Kier alpha value is -3.07. The third-order valence-electron chi connectivity index (χ3n) is 4.14. The first-order valence-electron chi connectivity index (χ1n) is 8.72. The van der Waals surface area contributed by atoms with Gasteiger partial charge in [-0.05, 0) is 12.5 Å². The van der Waals surface area contributed by atoms with Crippen LogP contribution in [0, 0.1) is 0 Å². The second-order valence-corrected chi connectivity index (χ2v) is 6.93. The van der Waals surface area contributed by atoms with Gasteiger partial charge in [0, 0.05) is 24.8 Å². The van der Waals surface area contributed by atoms with E-state index in [2.05, 4.69) is 15.6 Å². The van der Waals surface area contributed by atoms with E-state index in [1.807, 2.05) is 30.3 Å². The van der Waals surface area contributed by atoms with Crippen molar-refractivity contribution in [2.45, 2.75) is 32.7 Å². The van der Waals surface area contributed by atoms with Crippen LogP contribution in [0.1, 0.15) is 42.7 Å². The lowest BCUT2D eigenvalue weighted by atomic mass is 9.92. The van der Waals surface area contributed by atoms with Gasteiger partial charge in [-0.1, -0.05) is 37.3 Å². The van der Waals surface area contributed by atoms with Crippen LogP contribution in [0.3, 0.4) is 0 Å². The molecule has 1 aromatic heterocycles. The van der Waals surface area contributed by atoms with Crippen molar-refractivity contribution in [3.63, 3.8) is 0 Å². The molecule has 8 nitrogen and oxygen atoms in total. The summed E-state index contributed by atoms with van der Waals surface area (Å²) in [6.45, 7) is 5.17. The highest BCUT2D eigenvalue weighted by molar-refractivity contribution is 7.14. The smallest absolute Gasteiger partial charge is 0.324 e. The van der Waals surface area contributed by atoms with E-state index in [1.54, 1.807) is 13.8 Å². The van der Waals surface area contributed by atoms with Crippen molar-refractivity contribution in [1.82, 2.24) is 15.2 Å². The van der Waals surface area contributed by atoms with E-state index in [0.29, 0.717) is 13.0 Å². The number of aromatic nitrogens is 1. The van der Waals surface area contributed by atoms with E-state index >= 15 is 0 Å². The van der Waals surface area contributed by atoms with Crippen LogP contribution in [-0.2, 0) is 9.59 Å². The number of nitrogens with one attached hydrogen (secondary N) is 2. The molecule has 1 aromatic carbocycles. The molecule has 0 spiro atoms. The van der Waals surface area contributed by atoms with Crippen LogP contribution in [0.4, 0.5) is 9.93 Å². The highest BCUT2D eigenvalue weighted by Crippen LogP contribution is 2.25. The summed E-state index contributed by atoms with van der Waals surface area (Å²) in [5.74, 6) is -1.26. The summed E-state index contributed by atoms with van der Waals surface area (Å²) in [5, 5.41) is 6.92. The molecule has 0 aliphatic heterocycles. The molecule has 148 valence electrons. The number of ketones is 1. The molecular weight excluding hydrogens is 380 g/mol. The van der Waals surface area contributed by atoms with E-state index in [-0.39, 0.29) is 16.6 Å². The molecule has 2 aromatic rings. The number of amides is 4. The number of hydrogen-bond acceptors (Lipinski definition) is 6. The van der Waals surface area contributed by atoms with Gasteiger partial charge in [0.1, 0.15) is 11.7 Å². The number of imide groups is 1. The normalized spacial score (nSPS) is 12.5. The zero-order chi connectivity index (χ0) is 20.7. The minimum atomic E-state index is -1.10. The second kappa shape index (κ2) is 9.75. The molecule has 9 heteroatoms. The quantitative estimate of drug-likeness (QED) is 0.521. The predicted molar refractivity (Wildman–Crippen MR) is 106 cm³/mol. The molecule has 2 N–H and O–H groups in total. The minimum Gasteiger partial charge on any atom is -0.338 e. The van der Waals surface area contributed by atoms with Gasteiger partial charge in [-0.15, -0.1) is 11.3 Å². The fourth-order valence-electron chi connectivity index (χ4n) is 2.69. The minimum absolute atomic E-state index is 0.220. The maximum absolute atomic E-state index is 13.0. The van der Waals surface area contributed by atoms with Gasteiger partial charge in [-0.3, -0.25) is 19.3 Å². The first-order chi connectivity index (χ1) is 13.4. The van der Waals surface area contributed by atoms with Crippen LogP contribution in [0.2, 0.25) is 0 Å². The Balaban J connectivity index is 2.35. The van der Waals surface area contributed by atoms with Crippen molar-refractivity contribution in [3.8, 4) is 0 Å². The molecule has 0 radical (unpaired) electrons. The number of urea groups is 1. The molecule has 28 heavy (non-hydrogen) atoms. The molecule has 0 bridgehead atoms. The van der Waals surface area contributed by atoms with E-state index < -0.39 is 23.9 Å². The number of rotatable bonds is 8. The zero-order valence-electron chi connectivity index (χ0n) is 15.8. The highest BCUT2D eigenvalue weighted by Gasteiger charge is 2.35. The summed E-state index contributed by atoms with van der Waals surface area (Å²) in [7, 11) is 0. The standard InChI is InChI=1S/C19H22N4O4S/c1-4-20-19(27)23(11-24)16(12(2)14-8-6-5-7-9-14)17(26)22-18-21-15(10-28-18)13(3)25/h5-12,16H,4H2,1-3H3,(H,20,27)(H,21,22,26). The number of carbonyl (C=O) groups is 4. The molecule has 2 unspecified atom stereocenters. The summed E-state index contributed by atoms with van der Waals surface area (Å²) < 4.78 is 0. The Morgan fingerprint density at radius 2 is 1.93 bits per heavy atom. The molecular formula is C19H22N4O4S. The molecule has 0 saturated carbocycles. The fraction of sp³-hybridized carbons (Fsp3) is 0.316. The van der Waals surface area contributed by atoms with Crippen molar-refractivity contribution in [2.24, 2.45) is 0 Å². The number of nitrogens with zero attached hydrogens (tertiary/aromatic N) is 2. The van der Waals surface area contributed by atoms with Crippen molar-refractivity contribution < 1.29 is 19.2 Å². The van der Waals surface area contributed by atoms with Gasteiger partial charge in [0.15, 0.2) is 10.9 Å². The summed E-state index contributed by atoms with van der Waals surface area (Å²) in [6, 6.07) is 7.35. The molecule has 4 amide bonds. The van der Waals surface area contributed by atoms with E-state index in [0.717, 1.165) is 21.8 Å². The van der Waals surface area contributed by atoms with Gasteiger partial charge in [0.25, 0.3) is 0 Å². The molecule has 0 aliphatic carbocycles. The maximum atomic E-state index is 13.0. The van der Waals surface area contributed by atoms with Gasteiger partial charge in [0.2, 0.25) is 12.3 Å². The lowest BCUT2D eigenvalue weighted by Gasteiger charge is -2.30. The van der Waals surface area contributed by atoms with Crippen LogP contribution in [0.5, 0.6) is 0 Å². The van der Waals surface area contributed by atoms with Crippen molar-refractivity contribution in [1.29, 1.82) is 0 Å². The second-order valence-electron chi connectivity index (χ2n) is 6.08. The molecule has 2 atom stereocenters. The van der Waals surface area contributed by atoms with Gasteiger partial charge >= 0.3 is 6.03 Å². The van der Waals surface area contributed by atoms with Gasteiger partial charge in [-0.2, -0.15) is 0 Å². The Labute approximate surface area is 167 Å². The summed E-state index contributed by atoms with van der Waals surface area (Å²) in [5.41, 5.74) is 1.03. The first kappa shape index (κ1) is 21.2. The Kier molecular flexibility index (Phi) is 7.39. The lowest BCUT2D eigenvalue weighted by Crippen LogP contribution is -2.52. The van der Waals surface area contributed by atoms with Crippen LogP contribution in [0.25, 0.3) is 0 Å². The van der Waals surface area contributed by atoms with Crippen LogP contribution >= 0.6 is 11.3 Å². The number of carbonyl (C=O) groups excluding carboxylic acids is 4. The van der Waals surface area contributed by atoms with E-state index in [9.17, 15) is 19.2 Å². The average Bonchev–Trinajstić information content (AvgIpc) is 3.15. The third-order valence-corrected chi connectivity index (χ3v) is 4.90. The lowest BCUT2D eigenvalue weighted by molar-refractivity contribution is -0.127. The van der Waals surface area contributed by atoms with Gasteiger partial charge in [0.05, 0.1) is 0 Å². The van der Waals surface area contributed by atoms with Crippen LogP contribution < -0.4 is 10.6 Å². The van der Waals surface area contributed by atoms with Crippen LogP contribution in [0.15, 0.2) is 35.7 Å². The number of hydrogen-bond donors (Lipinski definition) is 2. The van der Waals surface area contributed by atoms with Gasteiger partial charge in [-0.25, -0.2) is 9.78 Å². The third kappa shape index (κ3) is 5.01. The molecule has 0 aliphatic rings. The highest BCUT2D eigenvalue weighted by atomic mass is 32.1. The number of anilines is 1. The SMILES string of the molecule is CCNC(=O)N(C=O)C(C(=O)Nc1nc(C(C)=O)cs1)C(C)c1ccccc1. The van der Waals surface area contributed by atoms with E-state index in [4.69, 9.17) is 0 Å². The Morgan fingerprint density at radius 1 is 1.25 bits per heavy atom. The maximum Gasteiger partial charge on any atom is 0.324 e. The van der Waals surface area contributed by atoms with Crippen molar-refractivity contribution >= 4 is 40.6 Å². The summed E-state index contributed by atoms with van der Waals surface area (Å²) in [4.78, 5) is 53.3. The number of thiazole rings is 1. The number of Topliss-reactive ketones (excluding diaryl/α,β-unsaturated/α-hetero) is 1. The van der Waals surface area contributed by atoms with Crippen molar-refractivity contribution in [3.05, 3.63) is 47.0 Å². The molecule has 1 heterocycles. The number of benzene rings is 1.